The van der Waals surface area contributed by atoms with Gasteiger partial charge in [-0.15, -0.1) is 0 Å². The highest BCUT2D eigenvalue weighted by Gasteiger charge is 2.25. The molecule has 0 amide bonds. The fourth-order valence-electron chi connectivity index (χ4n) is 4.31. The number of nitrogens with one attached hydrogen (secondary N) is 1. The fourth-order valence-corrected chi connectivity index (χ4v) is 5.26. The quantitative estimate of drug-likeness (QED) is 0.324. The van der Waals surface area contributed by atoms with Gasteiger partial charge in [-0.05, 0) is 35.9 Å². The molecule has 0 saturated carbocycles. The molecular weight excluding hydrogens is 520 g/mol. The molecule has 13 heteroatoms. The van der Waals surface area contributed by atoms with Gasteiger partial charge < -0.3 is 19.4 Å². The number of hydrogen-bond acceptors (Lipinski definition) is 10. The first-order valence-electron chi connectivity index (χ1n) is 12.3. The number of hydrogen-bond donors (Lipinski definition) is 1. The van der Waals surface area contributed by atoms with Gasteiger partial charge in [0, 0.05) is 63.6 Å². The molecule has 0 unspecified atom stereocenters. The van der Waals surface area contributed by atoms with Crippen LogP contribution < -0.4 is 10.2 Å². The van der Waals surface area contributed by atoms with Crippen molar-refractivity contribution in [1.29, 1.82) is 0 Å². The molecule has 6 heterocycles. The molecule has 39 heavy (non-hydrogen) atoms. The van der Waals surface area contributed by atoms with Gasteiger partial charge in [0.2, 0.25) is 5.95 Å². The van der Waals surface area contributed by atoms with Crippen LogP contribution in [0.3, 0.4) is 0 Å². The zero-order valence-electron chi connectivity index (χ0n) is 21.4. The van der Waals surface area contributed by atoms with Gasteiger partial charge in [-0.25, -0.2) is 8.96 Å². The summed E-state index contributed by atoms with van der Waals surface area (Å²) in [6.45, 7) is 2.37. The zero-order valence-corrected chi connectivity index (χ0v) is 22.2. The Kier molecular flexibility index (Phi) is 6.46. The number of ether oxygens (including phenoxy) is 1. The van der Waals surface area contributed by atoms with Crippen LogP contribution in [0.25, 0.3) is 33.7 Å². The van der Waals surface area contributed by atoms with Crippen LogP contribution in [0, 0.1) is 0 Å². The van der Waals surface area contributed by atoms with Crippen LogP contribution in [0.5, 0.6) is 0 Å². The second kappa shape index (κ2) is 10.1. The van der Waals surface area contributed by atoms with E-state index in [2.05, 4.69) is 25.2 Å². The summed E-state index contributed by atoms with van der Waals surface area (Å²) in [5.41, 5.74) is 3.28. The Morgan fingerprint density at radius 2 is 1.77 bits per heavy atom. The zero-order chi connectivity index (χ0) is 27.0. The van der Waals surface area contributed by atoms with Crippen LogP contribution in [0.15, 0.2) is 71.7 Å². The summed E-state index contributed by atoms with van der Waals surface area (Å²) in [7, 11) is -0.895. The maximum Gasteiger partial charge on any atom is 0.308 e. The molecule has 1 saturated heterocycles. The highest BCUT2D eigenvalue weighted by molar-refractivity contribution is 7.87. The number of aromatic nitrogens is 5. The van der Waals surface area contributed by atoms with Crippen molar-refractivity contribution in [2.24, 2.45) is 0 Å². The molecule has 6 rings (SSSR count). The third-order valence-corrected chi connectivity index (χ3v) is 8.05. The van der Waals surface area contributed by atoms with Crippen molar-refractivity contribution in [1.82, 2.24) is 28.2 Å². The van der Waals surface area contributed by atoms with Gasteiger partial charge in [-0.3, -0.25) is 9.97 Å². The van der Waals surface area contributed by atoms with Crippen LogP contribution in [0.4, 0.5) is 17.6 Å². The molecule has 1 aliphatic heterocycles. The van der Waals surface area contributed by atoms with E-state index in [1.54, 1.807) is 30.9 Å². The number of anilines is 3. The highest BCUT2D eigenvalue weighted by atomic mass is 32.2. The molecule has 200 valence electrons. The lowest BCUT2D eigenvalue weighted by atomic mass is 10.1. The second-order valence-corrected chi connectivity index (χ2v) is 11.1. The Labute approximate surface area is 225 Å². The van der Waals surface area contributed by atoms with E-state index in [0.29, 0.717) is 60.2 Å². The van der Waals surface area contributed by atoms with Crippen LogP contribution in [0.1, 0.15) is 0 Å². The maximum absolute atomic E-state index is 13.2. The van der Waals surface area contributed by atoms with Crippen molar-refractivity contribution in [3.63, 3.8) is 0 Å². The predicted octanol–water partition coefficient (Wildman–Crippen LogP) is 3.38. The number of morpholine rings is 1. The molecule has 1 fully saturated rings. The predicted molar refractivity (Wildman–Crippen MR) is 147 cm³/mol. The molecule has 1 N–H and O–H groups in total. The van der Waals surface area contributed by atoms with E-state index in [9.17, 15) is 8.42 Å². The van der Waals surface area contributed by atoms with Gasteiger partial charge in [0.15, 0.2) is 17.2 Å². The summed E-state index contributed by atoms with van der Waals surface area (Å²) in [5, 5.41) is 3.15. The van der Waals surface area contributed by atoms with Crippen LogP contribution in [0.2, 0.25) is 0 Å². The molecule has 12 nitrogen and oxygen atoms in total. The number of fused-ring (bicyclic) bond motifs is 1. The average molecular weight is 547 g/mol. The Morgan fingerprint density at radius 3 is 2.49 bits per heavy atom. The van der Waals surface area contributed by atoms with Crippen molar-refractivity contribution >= 4 is 38.9 Å². The Bertz CT molecular complexity index is 1710. The molecule has 0 atom stereocenters. The fraction of sp³-hybridized carbons (Fsp3) is 0.231. The summed E-state index contributed by atoms with van der Waals surface area (Å²) in [6, 6.07) is 12.8. The van der Waals surface area contributed by atoms with E-state index in [-0.39, 0.29) is 11.8 Å². The van der Waals surface area contributed by atoms with Crippen molar-refractivity contribution < 1.29 is 17.6 Å². The minimum Gasteiger partial charge on any atom is -0.449 e. The van der Waals surface area contributed by atoms with Gasteiger partial charge in [0.1, 0.15) is 17.0 Å². The van der Waals surface area contributed by atoms with E-state index >= 15 is 0 Å². The number of pyridine rings is 2. The molecule has 5 aromatic heterocycles. The molecule has 1 aliphatic rings. The molecule has 0 bridgehead atoms. The van der Waals surface area contributed by atoms with E-state index in [4.69, 9.17) is 14.1 Å². The van der Waals surface area contributed by atoms with Crippen molar-refractivity contribution in [3.8, 4) is 22.6 Å². The van der Waals surface area contributed by atoms with Crippen LogP contribution in [-0.4, -0.2) is 77.0 Å². The third kappa shape index (κ3) is 4.82. The van der Waals surface area contributed by atoms with E-state index < -0.39 is 10.2 Å². The lowest BCUT2D eigenvalue weighted by Gasteiger charge is -2.27. The largest absolute Gasteiger partial charge is 0.449 e. The smallest absolute Gasteiger partial charge is 0.308 e. The van der Waals surface area contributed by atoms with Gasteiger partial charge in [0.25, 0.3) is 0 Å². The average Bonchev–Trinajstić information content (AvgIpc) is 3.59. The molecule has 5 aromatic rings. The SMILES string of the molecule is CN(C)S(=O)(=O)n1cc(-c2ccncc2)cc1Nc1nc(N2CCOCC2)c2oc(-c3ccccn3)cc2n1. The molecule has 0 radical (unpaired) electrons. The molecular formula is C26H26N8O4S. The lowest BCUT2D eigenvalue weighted by molar-refractivity contribution is 0.122. The Hall–Kier alpha value is -4.33. The van der Waals surface area contributed by atoms with Gasteiger partial charge in [-0.2, -0.15) is 17.7 Å². The highest BCUT2D eigenvalue weighted by Crippen LogP contribution is 2.34. The lowest BCUT2D eigenvalue weighted by Crippen LogP contribution is -2.37. The molecule has 0 aromatic carbocycles. The third-order valence-electron chi connectivity index (χ3n) is 6.33. The summed E-state index contributed by atoms with van der Waals surface area (Å²) in [6.07, 6.45) is 6.57. The molecule has 0 spiro atoms. The number of nitrogens with zero attached hydrogens (tertiary/aromatic N) is 7. The van der Waals surface area contributed by atoms with Crippen LogP contribution >= 0.6 is 0 Å². The van der Waals surface area contributed by atoms with Crippen LogP contribution in [-0.2, 0) is 14.9 Å². The number of furan rings is 1. The topological polar surface area (TPSA) is 132 Å². The van der Waals surface area contributed by atoms with Crippen molar-refractivity contribution in [3.05, 3.63) is 67.3 Å². The minimum absolute atomic E-state index is 0.229. The summed E-state index contributed by atoms with van der Waals surface area (Å²) in [4.78, 5) is 20.0. The van der Waals surface area contributed by atoms with E-state index in [1.807, 2.05) is 36.4 Å². The Balaban J connectivity index is 1.47. The first kappa shape index (κ1) is 25.0. The summed E-state index contributed by atoms with van der Waals surface area (Å²) < 4.78 is 40.5. The standard InChI is InChI=1S/C26H26N8O4S/c1-32(2)39(35,36)34-17-19(18-6-9-27-10-7-18)15-23(34)30-26-29-21-16-22(20-5-3-4-8-28-20)38-24(21)25(31-26)33-11-13-37-14-12-33/h3-10,15-17H,11-14H2,1-2H3,(H,29,30,31). The summed E-state index contributed by atoms with van der Waals surface area (Å²) in [5.74, 6) is 1.67. The first-order chi connectivity index (χ1) is 18.9. The first-order valence-corrected chi connectivity index (χ1v) is 13.7. The van der Waals surface area contributed by atoms with Gasteiger partial charge in [-0.1, -0.05) is 6.07 Å². The minimum atomic E-state index is -3.86. The summed E-state index contributed by atoms with van der Waals surface area (Å²) >= 11 is 0. The maximum atomic E-state index is 13.2. The normalized spacial score (nSPS) is 14.3. The van der Waals surface area contributed by atoms with E-state index in [1.165, 1.54) is 18.1 Å². The Morgan fingerprint density at radius 1 is 0.974 bits per heavy atom. The van der Waals surface area contributed by atoms with Gasteiger partial charge in [0.05, 0.1) is 13.2 Å². The van der Waals surface area contributed by atoms with Crippen molar-refractivity contribution in [2.45, 2.75) is 0 Å². The monoisotopic (exact) mass is 546 g/mol. The number of rotatable bonds is 7. The second-order valence-electron chi connectivity index (χ2n) is 9.07. The van der Waals surface area contributed by atoms with E-state index in [0.717, 1.165) is 9.87 Å². The van der Waals surface area contributed by atoms with Gasteiger partial charge >= 0.3 is 10.2 Å². The molecule has 0 aliphatic carbocycles. The van der Waals surface area contributed by atoms with Crippen molar-refractivity contribution in [2.75, 3.05) is 50.6 Å².